The van der Waals surface area contributed by atoms with E-state index in [1.807, 2.05) is 90.2 Å². The SMILES string of the molecule is CC(C)(C)OC(=O)NCC=CCN(Cc1nc2ccccc2n1C(=O)OC(C)(C)C)[C@H]1CCCc2cccnc21. The Kier molecular flexibility index (Phi) is 8.93. The van der Waals surface area contributed by atoms with E-state index in [0.717, 1.165) is 30.5 Å². The number of pyridine rings is 1. The number of fused-ring (bicyclic) bond motifs is 2. The molecule has 0 unspecified atom stereocenters. The summed E-state index contributed by atoms with van der Waals surface area (Å²) < 4.78 is 12.7. The summed E-state index contributed by atoms with van der Waals surface area (Å²) in [6.45, 7) is 12.4. The van der Waals surface area contributed by atoms with Gasteiger partial charge in [0.05, 0.1) is 29.3 Å². The summed E-state index contributed by atoms with van der Waals surface area (Å²) in [6.07, 6.45) is 7.87. The first kappa shape index (κ1) is 29.3. The van der Waals surface area contributed by atoms with Crippen molar-refractivity contribution in [3.8, 4) is 0 Å². The van der Waals surface area contributed by atoms with Crippen LogP contribution < -0.4 is 5.32 Å². The number of benzene rings is 1. The number of imidazole rings is 1. The molecule has 1 aliphatic carbocycles. The Hall–Kier alpha value is -3.72. The molecule has 0 fully saturated rings. The van der Waals surface area contributed by atoms with Crippen molar-refractivity contribution in [1.29, 1.82) is 0 Å². The molecule has 40 heavy (non-hydrogen) atoms. The van der Waals surface area contributed by atoms with Gasteiger partial charge in [-0.3, -0.25) is 9.88 Å². The molecule has 0 bridgehead atoms. The van der Waals surface area contributed by atoms with E-state index in [1.54, 1.807) is 4.57 Å². The number of para-hydroxylation sites is 2. The number of nitrogens with one attached hydrogen (secondary N) is 1. The number of hydrogen-bond acceptors (Lipinski definition) is 7. The van der Waals surface area contributed by atoms with Crippen LogP contribution in [0.3, 0.4) is 0 Å². The molecule has 2 heterocycles. The van der Waals surface area contributed by atoms with Crippen molar-refractivity contribution in [2.75, 3.05) is 13.1 Å². The van der Waals surface area contributed by atoms with E-state index < -0.39 is 23.4 Å². The van der Waals surface area contributed by atoms with Crippen LogP contribution >= 0.6 is 0 Å². The van der Waals surface area contributed by atoms with Crippen molar-refractivity contribution in [2.45, 2.75) is 84.6 Å². The quantitative estimate of drug-likeness (QED) is 0.353. The molecule has 1 amide bonds. The minimum absolute atomic E-state index is 0.0558. The van der Waals surface area contributed by atoms with Gasteiger partial charge in [-0.15, -0.1) is 0 Å². The highest BCUT2D eigenvalue weighted by molar-refractivity contribution is 5.87. The van der Waals surface area contributed by atoms with Gasteiger partial charge in [-0.1, -0.05) is 30.4 Å². The van der Waals surface area contributed by atoms with E-state index in [4.69, 9.17) is 19.4 Å². The molecule has 1 atom stereocenters. The highest BCUT2D eigenvalue weighted by Crippen LogP contribution is 2.34. The second kappa shape index (κ2) is 12.2. The van der Waals surface area contributed by atoms with Crippen LogP contribution in [0.1, 0.15) is 77.5 Å². The molecular weight excluding hydrogens is 506 g/mol. The first-order chi connectivity index (χ1) is 18.9. The molecule has 0 saturated heterocycles. The molecule has 0 radical (unpaired) electrons. The van der Waals surface area contributed by atoms with Crippen LogP contribution in [0.15, 0.2) is 54.7 Å². The third-order valence-corrected chi connectivity index (χ3v) is 6.43. The Labute approximate surface area is 236 Å². The fraction of sp³-hybridized carbons (Fsp3) is 0.484. The minimum Gasteiger partial charge on any atom is -0.444 e. The zero-order valence-corrected chi connectivity index (χ0v) is 24.4. The van der Waals surface area contributed by atoms with E-state index in [0.29, 0.717) is 31.0 Å². The van der Waals surface area contributed by atoms with Gasteiger partial charge in [0.15, 0.2) is 0 Å². The lowest BCUT2D eigenvalue weighted by molar-refractivity contribution is 0.0522. The highest BCUT2D eigenvalue weighted by atomic mass is 16.6. The summed E-state index contributed by atoms with van der Waals surface area (Å²) in [5, 5.41) is 2.76. The smallest absolute Gasteiger partial charge is 0.420 e. The van der Waals surface area contributed by atoms with E-state index in [1.165, 1.54) is 5.56 Å². The van der Waals surface area contributed by atoms with Crippen LogP contribution in [-0.2, 0) is 22.4 Å². The lowest BCUT2D eigenvalue weighted by Gasteiger charge is -2.34. The number of ether oxygens (including phenoxy) is 2. The second-order valence-corrected chi connectivity index (χ2v) is 12.1. The lowest BCUT2D eigenvalue weighted by Crippen LogP contribution is -2.35. The Morgan fingerprint density at radius 1 is 1.05 bits per heavy atom. The van der Waals surface area contributed by atoms with Crippen molar-refractivity contribution in [1.82, 2.24) is 24.8 Å². The molecule has 1 aromatic carbocycles. The molecule has 1 aliphatic rings. The van der Waals surface area contributed by atoms with Crippen LogP contribution in [-0.4, -0.2) is 55.9 Å². The second-order valence-electron chi connectivity index (χ2n) is 12.1. The summed E-state index contributed by atoms with van der Waals surface area (Å²) in [6, 6.07) is 11.8. The first-order valence-electron chi connectivity index (χ1n) is 13.9. The Balaban J connectivity index is 1.61. The lowest BCUT2D eigenvalue weighted by atomic mass is 9.90. The van der Waals surface area contributed by atoms with Gasteiger partial charge in [0.25, 0.3) is 0 Å². The summed E-state index contributed by atoms with van der Waals surface area (Å²) >= 11 is 0. The van der Waals surface area contributed by atoms with Gasteiger partial charge in [-0.2, -0.15) is 0 Å². The number of amides is 1. The van der Waals surface area contributed by atoms with Gasteiger partial charge in [-0.25, -0.2) is 19.1 Å². The fourth-order valence-electron chi connectivity index (χ4n) is 4.87. The summed E-state index contributed by atoms with van der Waals surface area (Å²) in [4.78, 5) is 37.3. The van der Waals surface area contributed by atoms with Crippen molar-refractivity contribution in [3.63, 3.8) is 0 Å². The molecule has 214 valence electrons. The topological polar surface area (TPSA) is 98.6 Å². The van der Waals surface area contributed by atoms with E-state index in [2.05, 4.69) is 16.3 Å². The predicted molar refractivity (Wildman–Crippen MR) is 155 cm³/mol. The maximum atomic E-state index is 13.4. The molecule has 2 aromatic heterocycles. The fourth-order valence-corrected chi connectivity index (χ4v) is 4.87. The van der Waals surface area contributed by atoms with Crippen LogP contribution in [0, 0.1) is 0 Å². The van der Waals surface area contributed by atoms with Gasteiger partial charge in [-0.05, 0) is 84.6 Å². The van der Waals surface area contributed by atoms with Crippen molar-refractivity contribution >= 4 is 23.2 Å². The first-order valence-corrected chi connectivity index (χ1v) is 13.9. The van der Waals surface area contributed by atoms with Gasteiger partial charge in [0.2, 0.25) is 0 Å². The maximum Gasteiger partial charge on any atom is 0.420 e. The van der Waals surface area contributed by atoms with Gasteiger partial charge >= 0.3 is 12.2 Å². The molecular formula is C31H41N5O4. The number of rotatable bonds is 7. The maximum absolute atomic E-state index is 13.4. The molecule has 3 aromatic rings. The molecule has 0 spiro atoms. The zero-order chi connectivity index (χ0) is 28.9. The minimum atomic E-state index is -0.643. The van der Waals surface area contributed by atoms with Crippen molar-refractivity contribution in [3.05, 3.63) is 71.8 Å². The molecule has 9 nitrogen and oxygen atoms in total. The average molecular weight is 548 g/mol. The summed E-state index contributed by atoms with van der Waals surface area (Å²) in [5.41, 5.74) is 2.57. The average Bonchev–Trinajstić information content (AvgIpc) is 3.23. The van der Waals surface area contributed by atoms with E-state index in [-0.39, 0.29) is 6.04 Å². The van der Waals surface area contributed by atoms with Crippen LogP contribution in [0.25, 0.3) is 11.0 Å². The third-order valence-electron chi connectivity index (χ3n) is 6.43. The van der Waals surface area contributed by atoms with Gasteiger partial charge < -0.3 is 14.8 Å². The predicted octanol–water partition coefficient (Wildman–Crippen LogP) is 6.18. The molecule has 1 N–H and O–H groups in total. The van der Waals surface area contributed by atoms with Crippen LogP contribution in [0.5, 0.6) is 0 Å². The Morgan fingerprint density at radius 3 is 2.55 bits per heavy atom. The normalized spacial score (nSPS) is 15.8. The summed E-state index contributed by atoms with van der Waals surface area (Å²) in [7, 11) is 0. The number of nitrogens with zero attached hydrogens (tertiary/aromatic N) is 4. The third kappa shape index (κ3) is 7.69. The molecule has 0 aliphatic heterocycles. The number of aryl methyl sites for hydroxylation is 1. The Bertz CT molecular complexity index is 1370. The Morgan fingerprint density at radius 2 is 1.80 bits per heavy atom. The number of carbonyl (C=O) groups is 2. The van der Waals surface area contributed by atoms with E-state index >= 15 is 0 Å². The molecule has 0 saturated carbocycles. The summed E-state index contributed by atoms with van der Waals surface area (Å²) in [5.74, 6) is 0.610. The molecule has 9 heteroatoms. The highest BCUT2D eigenvalue weighted by Gasteiger charge is 2.30. The monoisotopic (exact) mass is 547 g/mol. The number of alkyl carbamates (subject to hydrolysis) is 1. The number of aromatic nitrogens is 3. The van der Waals surface area contributed by atoms with Crippen molar-refractivity contribution in [2.24, 2.45) is 0 Å². The van der Waals surface area contributed by atoms with Crippen molar-refractivity contribution < 1.29 is 19.1 Å². The largest absolute Gasteiger partial charge is 0.444 e. The number of carbonyl (C=O) groups excluding carboxylic acids is 2. The van der Waals surface area contributed by atoms with Crippen LogP contribution in [0.4, 0.5) is 9.59 Å². The number of hydrogen-bond donors (Lipinski definition) is 1. The van der Waals surface area contributed by atoms with Gasteiger partial charge in [0, 0.05) is 19.3 Å². The van der Waals surface area contributed by atoms with E-state index in [9.17, 15) is 9.59 Å². The standard InChI is InChI=1S/C31H41N5O4/c1-30(2,3)39-28(37)33-18-9-10-20-35(25-17-11-13-22-14-12-19-32-27(22)25)21-26-34-23-15-7-8-16-24(23)36(26)29(38)40-31(4,5)6/h7-10,12,14-16,19,25H,11,13,17-18,20-21H2,1-6H3,(H,33,37)/t25-/m0/s1. The zero-order valence-electron chi connectivity index (χ0n) is 24.4. The molecule has 4 rings (SSSR count). The van der Waals surface area contributed by atoms with Gasteiger partial charge in [0.1, 0.15) is 17.0 Å². The van der Waals surface area contributed by atoms with Crippen LogP contribution in [0.2, 0.25) is 0 Å².